The third-order valence-electron chi connectivity index (χ3n) is 1.78. The van der Waals surface area contributed by atoms with Crippen LogP contribution < -0.4 is 10.6 Å². The lowest BCUT2D eigenvalue weighted by Gasteiger charge is -2.05. The number of carbonyl (C=O) groups excluding carboxylic acids is 1. The number of rotatable bonds is 4. The summed E-state index contributed by atoms with van der Waals surface area (Å²) in [5, 5.41) is 13.3. The van der Waals surface area contributed by atoms with Gasteiger partial charge in [-0.05, 0) is 18.6 Å². The van der Waals surface area contributed by atoms with Crippen molar-refractivity contribution in [3.63, 3.8) is 0 Å². The number of nitrogens with zero attached hydrogens (tertiary/aromatic N) is 1. The van der Waals surface area contributed by atoms with Crippen molar-refractivity contribution in [1.29, 1.82) is 0 Å². The zero-order valence-electron chi connectivity index (χ0n) is 8.86. The second-order valence-corrected chi connectivity index (χ2v) is 3.25. The van der Waals surface area contributed by atoms with Crippen LogP contribution in [0, 0.1) is 6.92 Å². The fourth-order valence-corrected chi connectivity index (χ4v) is 0.985. The molecule has 0 aromatic carbocycles. The average molecular weight is 223 g/mol. The fraction of sp³-hybridized carbons (Fsp3) is 0.300. The minimum absolute atomic E-state index is 0.0903. The van der Waals surface area contributed by atoms with E-state index >= 15 is 0 Å². The van der Waals surface area contributed by atoms with Gasteiger partial charge in [0.2, 0.25) is 0 Å². The zero-order chi connectivity index (χ0) is 12.0. The number of hydrogen-bond acceptors (Lipinski definition) is 3. The van der Waals surface area contributed by atoms with E-state index in [2.05, 4.69) is 15.6 Å². The van der Waals surface area contributed by atoms with Gasteiger partial charge in [0.1, 0.15) is 5.82 Å². The van der Waals surface area contributed by atoms with Gasteiger partial charge >= 0.3 is 12.0 Å². The van der Waals surface area contributed by atoms with Crippen LogP contribution in [0.4, 0.5) is 10.6 Å². The molecule has 86 valence electrons. The smallest absolute Gasteiger partial charge is 0.320 e. The lowest BCUT2D eigenvalue weighted by molar-refractivity contribution is -0.136. The van der Waals surface area contributed by atoms with Gasteiger partial charge in [0.15, 0.2) is 0 Å². The van der Waals surface area contributed by atoms with Gasteiger partial charge in [-0.1, -0.05) is 6.07 Å². The predicted molar refractivity (Wildman–Crippen MR) is 58.2 cm³/mol. The van der Waals surface area contributed by atoms with Crippen LogP contribution in [-0.4, -0.2) is 28.6 Å². The Hall–Kier alpha value is -2.11. The number of aliphatic carboxylic acids is 1. The van der Waals surface area contributed by atoms with E-state index in [1.165, 1.54) is 0 Å². The highest BCUT2D eigenvalue weighted by atomic mass is 16.4. The molecule has 0 bridgehead atoms. The molecule has 0 aliphatic heterocycles. The molecule has 3 N–H and O–H groups in total. The second kappa shape index (κ2) is 5.69. The second-order valence-electron chi connectivity index (χ2n) is 3.25. The molecule has 0 spiro atoms. The molecule has 0 saturated heterocycles. The maximum atomic E-state index is 11.2. The number of hydrogen-bond donors (Lipinski definition) is 3. The Morgan fingerprint density at radius 2 is 2.19 bits per heavy atom. The molecule has 0 radical (unpaired) electrons. The summed E-state index contributed by atoms with van der Waals surface area (Å²) in [7, 11) is 0. The van der Waals surface area contributed by atoms with Gasteiger partial charge in [-0.2, -0.15) is 0 Å². The van der Waals surface area contributed by atoms with Gasteiger partial charge in [-0.25, -0.2) is 9.78 Å². The number of carbonyl (C=O) groups is 2. The summed E-state index contributed by atoms with van der Waals surface area (Å²) >= 11 is 0. The molecule has 0 atom stereocenters. The van der Waals surface area contributed by atoms with E-state index in [1.54, 1.807) is 12.3 Å². The Bertz CT molecular complexity index is 375. The standard InChI is InChI=1S/C10H13N3O3/c1-7-2-3-8(12-6-7)13-10(16)11-5-4-9(14)15/h2-3,6H,4-5H2,1H3,(H,14,15)(H2,11,12,13,16). The molecule has 0 saturated carbocycles. The largest absolute Gasteiger partial charge is 0.481 e. The maximum Gasteiger partial charge on any atom is 0.320 e. The molecule has 6 heteroatoms. The predicted octanol–water partition coefficient (Wildman–Crippen LogP) is 0.986. The SMILES string of the molecule is Cc1ccc(NC(=O)NCCC(=O)O)nc1. The van der Waals surface area contributed by atoms with Gasteiger partial charge in [0, 0.05) is 12.7 Å². The molecule has 0 unspecified atom stereocenters. The normalized spacial score (nSPS) is 9.56. The highest BCUT2D eigenvalue weighted by Gasteiger charge is 2.03. The van der Waals surface area contributed by atoms with Crippen LogP contribution >= 0.6 is 0 Å². The van der Waals surface area contributed by atoms with Gasteiger partial charge in [0.05, 0.1) is 6.42 Å². The summed E-state index contributed by atoms with van der Waals surface area (Å²) < 4.78 is 0. The van der Waals surface area contributed by atoms with Crippen LogP contribution in [0.15, 0.2) is 18.3 Å². The molecular weight excluding hydrogens is 210 g/mol. The van der Waals surface area contributed by atoms with Crippen LogP contribution in [0.5, 0.6) is 0 Å². The first kappa shape index (κ1) is 12.0. The number of anilines is 1. The number of carboxylic acids is 1. The van der Waals surface area contributed by atoms with E-state index in [0.717, 1.165) is 5.56 Å². The molecule has 2 amide bonds. The monoisotopic (exact) mass is 223 g/mol. The zero-order valence-corrected chi connectivity index (χ0v) is 8.86. The Morgan fingerprint density at radius 1 is 1.44 bits per heavy atom. The summed E-state index contributed by atoms with van der Waals surface area (Å²) in [6, 6.07) is 3.03. The van der Waals surface area contributed by atoms with Crippen molar-refractivity contribution in [2.75, 3.05) is 11.9 Å². The topological polar surface area (TPSA) is 91.3 Å². The fourth-order valence-electron chi connectivity index (χ4n) is 0.985. The third-order valence-corrected chi connectivity index (χ3v) is 1.78. The Morgan fingerprint density at radius 3 is 2.75 bits per heavy atom. The minimum Gasteiger partial charge on any atom is -0.481 e. The van der Waals surface area contributed by atoms with Crippen molar-refractivity contribution in [2.24, 2.45) is 0 Å². The van der Waals surface area contributed by atoms with Gasteiger partial charge in [0.25, 0.3) is 0 Å². The quantitative estimate of drug-likeness (QED) is 0.709. The van der Waals surface area contributed by atoms with E-state index in [4.69, 9.17) is 5.11 Å². The molecule has 0 aliphatic carbocycles. The number of amides is 2. The number of nitrogens with one attached hydrogen (secondary N) is 2. The van der Waals surface area contributed by atoms with E-state index < -0.39 is 12.0 Å². The lowest BCUT2D eigenvalue weighted by Crippen LogP contribution is -2.30. The highest BCUT2D eigenvalue weighted by molar-refractivity contribution is 5.88. The van der Waals surface area contributed by atoms with E-state index in [0.29, 0.717) is 5.82 Å². The maximum absolute atomic E-state index is 11.2. The van der Waals surface area contributed by atoms with Crippen LogP contribution in [-0.2, 0) is 4.79 Å². The summed E-state index contributed by atoms with van der Waals surface area (Å²) in [6.45, 7) is 1.98. The summed E-state index contributed by atoms with van der Waals surface area (Å²) in [4.78, 5) is 25.4. The third kappa shape index (κ3) is 4.41. The van der Waals surface area contributed by atoms with Gasteiger partial charge < -0.3 is 10.4 Å². The van der Waals surface area contributed by atoms with E-state index in [1.807, 2.05) is 13.0 Å². The summed E-state index contributed by atoms with van der Waals surface area (Å²) in [6.07, 6.45) is 1.53. The number of pyridine rings is 1. The number of carboxylic acid groups (broad SMARTS) is 1. The van der Waals surface area contributed by atoms with Crippen molar-refractivity contribution in [2.45, 2.75) is 13.3 Å². The average Bonchev–Trinajstić information content (AvgIpc) is 2.21. The van der Waals surface area contributed by atoms with E-state index in [-0.39, 0.29) is 13.0 Å². The lowest BCUT2D eigenvalue weighted by atomic mass is 10.3. The number of aromatic nitrogens is 1. The molecule has 0 fully saturated rings. The Labute approximate surface area is 92.7 Å². The highest BCUT2D eigenvalue weighted by Crippen LogP contribution is 2.02. The van der Waals surface area contributed by atoms with Crippen molar-refractivity contribution in [1.82, 2.24) is 10.3 Å². The summed E-state index contributed by atoms with van der Waals surface area (Å²) in [5.74, 6) is -0.521. The van der Waals surface area contributed by atoms with Crippen LogP contribution in [0.25, 0.3) is 0 Å². The van der Waals surface area contributed by atoms with Crippen molar-refractivity contribution < 1.29 is 14.7 Å². The number of aryl methyl sites for hydroxylation is 1. The van der Waals surface area contributed by atoms with Gasteiger partial charge in [-0.15, -0.1) is 0 Å². The van der Waals surface area contributed by atoms with Crippen LogP contribution in [0.3, 0.4) is 0 Å². The Kier molecular flexibility index (Phi) is 4.26. The first-order chi connectivity index (χ1) is 7.58. The van der Waals surface area contributed by atoms with E-state index in [9.17, 15) is 9.59 Å². The molecular formula is C10H13N3O3. The molecule has 1 rings (SSSR count). The molecule has 6 nitrogen and oxygen atoms in total. The molecule has 1 aromatic heterocycles. The summed E-state index contributed by atoms with van der Waals surface area (Å²) in [5.41, 5.74) is 0.997. The van der Waals surface area contributed by atoms with Crippen LogP contribution in [0.1, 0.15) is 12.0 Å². The van der Waals surface area contributed by atoms with Crippen molar-refractivity contribution in [3.8, 4) is 0 Å². The molecule has 1 aromatic rings. The van der Waals surface area contributed by atoms with Crippen LogP contribution in [0.2, 0.25) is 0 Å². The molecule has 16 heavy (non-hydrogen) atoms. The minimum atomic E-state index is -0.950. The van der Waals surface area contributed by atoms with Crippen molar-refractivity contribution in [3.05, 3.63) is 23.9 Å². The first-order valence-electron chi connectivity index (χ1n) is 4.77. The Balaban J connectivity index is 2.34. The number of urea groups is 1. The van der Waals surface area contributed by atoms with Crippen molar-refractivity contribution >= 4 is 17.8 Å². The first-order valence-corrected chi connectivity index (χ1v) is 4.77. The van der Waals surface area contributed by atoms with Gasteiger partial charge in [-0.3, -0.25) is 10.1 Å². The molecule has 1 heterocycles. The molecule has 0 aliphatic rings.